The molecule has 0 saturated carbocycles. The summed E-state index contributed by atoms with van der Waals surface area (Å²) in [4.78, 5) is 11.3. The van der Waals surface area contributed by atoms with E-state index in [1.54, 1.807) is 24.3 Å². The number of hydrogen-bond donors (Lipinski definition) is 1. The van der Waals surface area contributed by atoms with Crippen LogP contribution >= 0.6 is 23.1 Å². The van der Waals surface area contributed by atoms with E-state index in [1.807, 2.05) is 6.92 Å². The Bertz CT molecular complexity index is 616. The van der Waals surface area contributed by atoms with Crippen LogP contribution in [0.1, 0.15) is 22.3 Å². The van der Waals surface area contributed by atoms with Crippen LogP contribution in [0.15, 0.2) is 28.6 Å². The Morgan fingerprint density at radius 1 is 1.48 bits per heavy atom. The summed E-state index contributed by atoms with van der Waals surface area (Å²) < 4.78 is 6.34. The Balaban J connectivity index is 1.79. The second kappa shape index (κ2) is 7.53. The fraction of sp³-hybridized carbons (Fsp3) is 0.357. The topological polar surface area (TPSA) is 72.3 Å². The second-order valence-electron chi connectivity index (χ2n) is 4.45. The third-order valence-electron chi connectivity index (χ3n) is 2.59. The van der Waals surface area contributed by atoms with E-state index in [1.165, 1.54) is 30.0 Å². The summed E-state index contributed by atoms with van der Waals surface area (Å²) in [6.07, 6.45) is -0.611. The minimum atomic E-state index is -0.611. The number of Topliss-reactive ketones (excluding diaryl/α,β-unsaturated/α-hetero) is 1. The summed E-state index contributed by atoms with van der Waals surface area (Å²) in [5.74, 6) is 1.06. The van der Waals surface area contributed by atoms with Gasteiger partial charge in [0.2, 0.25) is 0 Å². The summed E-state index contributed by atoms with van der Waals surface area (Å²) >= 11 is 2.95. The predicted molar refractivity (Wildman–Crippen MR) is 83.3 cm³/mol. The molecule has 2 rings (SSSR count). The molecule has 0 aliphatic carbocycles. The van der Waals surface area contributed by atoms with Crippen molar-refractivity contribution >= 4 is 28.9 Å². The van der Waals surface area contributed by atoms with Gasteiger partial charge in [0.15, 0.2) is 10.1 Å². The van der Waals surface area contributed by atoms with Gasteiger partial charge in [0.05, 0.1) is 6.10 Å². The molecule has 0 spiro atoms. The Morgan fingerprint density at radius 3 is 2.95 bits per heavy atom. The number of aromatic nitrogens is 2. The molecule has 0 bridgehead atoms. The highest BCUT2D eigenvalue weighted by Gasteiger charge is 2.09. The number of carbonyl (C=O) groups excluding carboxylic acids is 1. The van der Waals surface area contributed by atoms with Gasteiger partial charge in [-0.05, 0) is 26.0 Å². The zero-order chi connectivity index (χ0) is 15.2. The quantitative estimate of drug-likeness (QED) is 0.623. The molecule has 112 valence electrons. The smallest absolute Gasteiger partial charge is 0.174 e. The van der Waals surface area contributed by atoms with E-state index in [9.17, 15) is 9.90 Å². The summed E-state index contributed by atoms with van der Waals surface area (Å²) in [7, 11) is 0. The molecule has 0 amide bonds. The maximum Gasteiger partial charge on any atom is 0.174 e. The molecule has 0 aliphatic rings. The number of ether oxygens (including phenoxy) is 1. The Labute approximate surface area is 131 Å². The number of carbonyl (C=O) groups is 1. The average molecular weight is 324 g/mol. The van der Waals surface area contributed by atoms with E-state index in [2.05, 4.69) is 10.2 Å². The Hall–Kier alpha value is -1.44. The molecule has 7 heteroatoms. The molecule has 1 N–H and O–H groups in total. The van der Waals surface area contributed by atoms with Crippen LogP contribution in [0.4, 0.5) is 0 Å². The molecule has 0 saturated heterocycles. The molecule has 1 atom stereocenters. The van der Waals surface area contributed by atoms with Gasteiger partial charge in [-0.15, -0.1) is 10.2 Å². The molecule has 1 unspecified atom stereocenters. The lowest BCUT2D eigenvalue weighted by Gasteiger charge is -2.11. The number of aliphatic hydroxyl groups excluding tert-OH is 1. The number of aryl methyl sites for hydroxylation is 1. The van der Waals surface area contributed by atoms with Gasteiger partial charge in [-0.25, -0.2) is 0 Å². The lowest BCUT2D eigenvalue weighted by molar-refractivity contribution is 0.101. The molecular formula is C14H16N2O3S2. The molecule has 0 fully saturated rings. The maximum absolute atomic E-state index is 11.3. The third-order valence-corrected chi connectivity index (χ3v) is 4.71. The maximum atomic E-state index is 11.3. The van der Waals surface area contributed by atoms with Crippen LogP contribution in [0.25, 0.3) is 0 Å². The van der Waals surface area contributed by atoms with Crippen molar-refractivity contribution in [1.29, 1.82) is 0 Å². The van der Waals surface area contributed by atoms with Gasteiger partial charge in [-0.2, -0.15) is 0 Å². The minimum absolute atomic E-state index is 0.0109. The van der Waals surface area contributed by atoms with E-state index in [0.29, 0.717) is 17.1 Å². The van der Waals surface area contributed by atoms with Crippen molar-refractivity contribution in [3.8, 4) is 5.75 Å². The van der Waals surface area contributed by atoms with Crippen LogP contribution < -0.4 is 4.74 Å². The van der Waals surface area contributed by atoms with Gasteiger partial charge in [0.1, 0.15) is 17.4 Å². The van der Waals surface area contributed by atoms with Gasteiger partial charge in [0, 0.05) is 11.3 Å². The van der Waals surface area contributed by atoms with Crippen molar-refractivity contribution in [1.82, 2.24) is 10.2 Å². The number of benzene rings is 1. The molecule has 0 radical (unpaired) electrons. The molecule has 1 aromatic carbocycles. The van der Waals surface area contributed by atoms with E-state index < -0.39 is 6.10 Å². The number of aliphatic hydroxyl groups is 1. The minimum Gasteiger partial charge on any atom is -0.491 e. The third kappa shape index (κ3) is 5.11. The second-order valence-corrected chi connectivity index (χ2v) is 6.90. The highest BCUT2D eigenvalue weighted by atomic mass is 32.2. The number of rotatable bonds is 7. The summed E-state index contributed by atoms with van der Waals surface area (Å²) in [5.41, 5.74) is 0.598. The van der Waals surface area contributed by atoms with Gasteiger partial charge in [0.25, 0.3) is 0 Å². The number of ketones is 1. The van der Waals surface area contributed by atoms with Crippen LogP contribution in [0.2, 0.25) is 0 Å². The Morgan fingerprint density at radius 2 is 2.29 bits per heavy atom. The number of hydrogen-bond acceptors (Lipinski definition) is 7. The SMILES string of the molecule is CC(=O)c1cccc(OCC(O)CSc2nnc(C)s2)c1. The van der Waals surface area contributed by atoms with Crippen LogP contribution in [0.3, 0.4) is 0 Å². The summed E-state index contributed by atoms with van der Waals surface area (Å²) in [5, 5.41) is 18.7. The zero-order valence-electron chi connectivity index (χ0n) is 11.8. The van der Waals surface area contributed by atoms with Crippen molar-refractivity contribution < 1.29 is 14.6 Å². The van der Waals surface area contributed by atoms with Gasteiger partial charge in [-0.3, -0.25) is 4.79 Å². The highest BCUT2D eigenvalue weighted by molar-refractivity contribution is 8.01. The van der Waals surface area contributed by atoms with Crippen molar-refractivity contribution in [3.05, 3.63) is 34.8 Å². The number of nitrogens with zero attached hydrogens (tertiary/aromatic N) is 2. The van der Waals surface area contributed by atoms with E-state index in [-0.39, 0.29) is 12.4 Å². The Kier molecular flexibility index (Phi) is 5.72. The summed E-state index contributed by atoms with van der Waals surface area (Å²) in [6.45, 7) is 3.57. The van der Waals surface area contributed by atoms with Crippen LogP contribution in [0.5, 0.6) is 5.75 Å². The largest absolute Gasteiger partial charge is 0.491 e. The first kappa shape index (κ1) is 15.9. The fourth-order valence-electron chi connectivity index (χ4n) is 1.55. The van der Waals surface area contributed by atoms with Crippen LogP contribution in [-0.4, -0.2) is 39.6 Å². The van der Waals surface area contributed by atoms with Gasteiger partial charge < -0.3 is 9.84 Å². The van der Waals surface area contributed by atoms with Crippen LogP contribution in [-0.2, 0) is 0 Å². The van der Waals surface area contributed by atoms with Crippen molar-refractivity contribution in [2.24, 2.45) is 0 Å². The highest BCUT2D eigenvalue weighted by Crippen LogP contribution is 2.22. The molecule has 0 aliphatic heterocycles. The molecular weight excluding hydrogens is 308 g/mol. The van der Waals surface area contributed by atoms with E-state index in [4.69, 9.17) is 4.74 Å². The standard InChI is InChI=1S/C14H16N2O3S2/c1-9(17)11-4-3-5-13(6-11)19-7-12(18)8-20-14-16-15-10(2)21-14/h3-6,12,18H,7-8H2,1-2H3. The monoisotopic (exact) mass is 324 g/mol. The van der Waals surface area contributed by atoms with Crippen molar-refractivity contribution in [2.45, 2.75) is 24.3 Å². The predicted octanol–water partition coefficient (Wildman–Crippen LogP) is 2.58. The number of thioether (sulfide) groups is 1. The average Bonchev–Trinajstić information content (AvgIpc) is 2.89. The lowest BCUT2D eigenvalue weighted by atomic mass is 10.1. The molecule has 2 aromatic rings. The molecule has 21 heavy (non-hydrogen) atoms. The normalized spacial score (nSPS) is 12.1. The molecule has 1 aromatic heterocycles. The van der Waals surface area contributed by atoms with Crippen molar-refractivity contribution in [2.75, 3.05) is 12.4 Å². The van der Waals surface area contributed by atoms with Crippen molar-refractivity contribution in [3.63, 3.8) is 0 Å². The van der Waals surface area contributed by atoms with Crippen LogP contribution in [0, 0.1) is 6.92 Å². The molecule has 1 heterocycles. The van der Waals surface area contributed by atoms with Gasteiger partial charge >= 0.3 is 0 Å². The summed E-state index contributed by atoms with van der Waals surface area (Å²) in [6, 6.07) is 6.94. The first-order valence-electron chi connectivity index (χ1n) is 6.39. The first-order chi connectivity index (χ1) is 10.0. The zero-order valence-corrected chi connectivity index (χ0v) is 13.4. The van der Waals surface area contributed by atoms with E-state index >= 15 is 0 Å². The first-order valence-corrected chi connectivity index (χ1v) is 8.19. The fourth-order valence-corrected chi connectivity index (χ4v) is 3.30. The molecule has 5 nitrogen and oxygen atoms in total. The van der Waals surface area contributed by atoms with E-state index in [0.717, 1.165) is 9.35 Å². The lowest BCUT2D eigenvalue weighted by Crippen LogP contribution is -2.20. The van der Waals surface area contributed by atoms with Gasteiger partial charge in [-0.1, -0.05) is 35.2 Å².